The molecule has 2 fully saturated rings. The topological polar surface area (TPSA) is 0 Å². The van der Waals surface area contributed by atoms with Gasteiger partial charge in [-0.25, -0.2) is 0 Å². The normalized spacial score (nSPS) is 35.6. The number of hydrogen-bond acceptors (Lipinski definition) is 0. The summed E-state index contributed by atoms with van der Waals surface area (Å²) in [5.41, 5.74) is 0. The van der Waals surface area contributed by atoms with Crippen LogP contribution in [0.25, 0.3) is 0 Å². The van der Waals surface area contributed by atoms with Crippen molar-refractivity contribution < 1.29 is 0 Å². The van der Waals surface area contributed by atoms with Crippen LogP contribution < -0.4 is 0 Å². The minimum atomic E-state index is 0.543. The van der Waals surface area contributed by atoms with Gasteiger partial charge in [0.1, 0.15) is 6.71 Å². The lowest BCUT2D eigenvalue weighted by Gasteiger charge is -2.49. The first kappa shape index (κ1) is 12.5. The molecule has 0 spiro atoms. The molecule has 16 heavy (non-hydrogen) atoms. The Hall–Kier alpha value is 0.0649. The Morgan fingerprint density at radius 3 is 2.44 bits per heavy atom. The number of rotatable bonds is 2. The molecule has 1 heterocycles. The molecule has 0 amide bonds. The smallest absolute Gasteiger partial charge is 0.0732 e. The van der Waals surface area contributed by atoms with Crippen LogP contribution in [0.3, 0.4) is 0 Å². The maximum Gasteiger partial charge on any atom is 0.149 e. The monoisotopic (exact) mass is 220 g/mol. The average molecular weight is 220 g/mol. The molecular weight excluding hydrogens is 191 g/mol. The van der Waals surface area contributed by atoms with Gasteiger partial charge >= 0.3 is 0 Å². The average Bonchev–Trinajstić information content (AvgIpc) is 2.23. The summed E-state index contributed by atoms with van der Waals surface area (Å²) in [4.78, 5) is 0. The molecule has 1 saturated carbocycles. The zero-order chi connectivity index (χ0) is 11.9. The Morgan fingerprint density at radius 1 is 1.12 bits per heavy atom. The van der Waals surface area contributed by atoms with Gasteiger partial charge in [-0.2, -0.15) is 0 Å². The van der Waals surface area contributed by atoms with Crippen molar-refractivity contribution in [3.05, 3.63) is 0 Å². The van der Waals surface area contributed by atoms with Gasteiger partial charge in [0.05, 0.1) is 0 Å². The summed E-state index contributed by atoms with van der Waals surface area (Å²) in [6, 6.07) is 0. The van der Waals surface area contributed by atoms with E-state index < -0.39 is 0 Å². The summed E-state index contributed by atoms with van der Waals surface area (Å²) in [6.07, 6.45) is 7.59. The van der Waals surface area contributed by atoms with Crippen LogP contribution in [0.5, 0.6) is 0 Å². The van der Waals surface area contributed by atoms with Crippen molar-refractivity contribution in [1.82, 2.24) is 0 Å². The fourth-order valence-corrected chi connectivity index (χ4v) is 4.25. The van der Waals surface area contributed by atoms with Gasteiger partial charge < -0.3 is 0 Å². The zero-order valence-electron chi connectivity index (χ0n) is 11.9. The number of fused-ring (bicyclic) bond motifs is 2. The van der Waals surface area contributed by atoms with Crippen molar-refractivity contribution in [3.63, 3.8) is 0 Å². The van der Waals surface area contributed by atoms with Gasteiger partial charge in [0.2, 0.25) is 0 Å². The maximum absolute atomic E-state index is 2.52. The van der Waals surface area contributed by atoms with Gasteiger partial charge in [0.15, 0.2) is 0 Å². The van der Waals surface area contributed by atoms with Crippen LogP contribution in [0, 0.1) is 17.8 Å². The summed E-state index contributed by atoms with van der Waals surface area (Å²) >= 11 is 0. The highest BCUT2D eigenvalue weighted by Crippen LogP contribution is 2.55. The predicted octanol–water partition coefficient (Wildman–Crippen LogP) is 5.13. The molecule has 0 aromatic carbocycles. The fourth-order valence-electron chi connectivity index (χ4n) is 4.25. The molecular formula is C15H29B. The van der Waals surface area contributed by atoms with Crippen molar-refractivity contribution in [2.75, 3.05) is 0 Å². The van der Waals surface area contributed by atoms with Crippen LogP contribution in [0.4, 0.5) is 0 Å². The Labute approximate surface area is 103 Å². The standard InChI is InChI=1S/C15H29B/c1-11(2)15(4,5)16-9-8-13-7-6-12(3)14(16)10-13/h11-14H,6-10H2,1-5H3. The fraction of sp³-hybridized carbons (Fsp3) is 1.00. The molecule has 0 aromatic heterocycles. The molecule has 0 nitrogen and oxygen atoms in total. The van der Waals surface area contributed by atoms with Crippen LogP contribution in [0.1, 0.15) is 60.3 Å². The lowest BCUT2D eigenvalue weighted by atomic mass is 9.20. The summed E-state index contributed by atoms with van der Waals surface area (Å²) in [5, 5.41) is 0.543. The Bertz CT molecular complexity index is 244. The van der Waals surface area contributed by atoms with E-state index in [2.05, 4.69) is 34.6 Å². The highest BCUT2D eigenvalue weighted by atomic mass is 14.4. The van der Waals surface area contributed by atoms with E-state index in [-0.39, 0.29) is 0 Å². The third-order valence-corrected chi connectivity index (χ3v) is 6.21. The Morgan fingerprint density at radius 2 is 1.81 bits per heavy atom. The first-order valence-corrected chi connectivity index (χ1v) is 7.43. The van der Waals surface area contributed by atoms with Crippen LogP contribution >= 0.6 is 0 Å². The van der Waals surface area contributed by atoms with Crippen molar-refractivity contribution in [1.29, 1.82) is 0 Å². The highest BCUT2D eigenvalue weighted by molar-refractivity contribution is 6.64. The summed E-state index contributed by atoms with van der Waals surface area (Å²) < 4.78 is 0. The molecule has 1 aliphatic heterocycles. The molecule has 1 saturated heterocycles. The van der Waals surface area contributed by atoms with E-state index in [1.165, 1.54) is 25.6 Å². The van der Waals surface area contributed by atoms with Gasteiger partial charge in [-0.05, 0) is 17.8 Å². The second-order valence-corrected chi connectivity index (χ2v) is 7.48. The lowest BCUT2D eigenvalue weighted by molar-refractivity contribution is 0.254. The Kier molecular flexibility index (Phi) is 3.43. The van der Waals surface area contributed by atoms with E-state index in [0.29, 0.717) is 5.31 Å². The summed E-state index contributed by atoms with van der Waals surface area (Å²) in [7, 11) is 0. The molecule has 2 bridgehead atoms. The third-order valence-electron chi connectivity index (χ3n) is 6.21. The van der Waals surface area contributed by atoms with Crippen molar-refractivity contribution in [2.24, 2.45) is 17.8 Å². The molecule has 2 rings (SSSR count). The van der Waals surface area contributed by atoms with Crippen LogP contribution in [0.15, 0.2) is 0 Å². The van der Waals surface area contributed by atoms with Crippen LogP contribution in [0.2, 0.25) is 17.5 Å². The van der Waals surface area contributed by atoms with E-state index >= 15 is 0 Å². The Balaban J connectivity index is 2.15. The van der Waals surface area contributed by atoms with E-state index in [9.17, 15) is 0 Å². The molecule has 0 N–H and O–H groups in total. The van der Waals surface area contributed by atoms with Crippen LogP contribution in [-0.4, -0.2) is 6.71 Å². The van der Waals surface area contributed by atoms with Gasteiger partial charge in [0.25, 0.3) is 0 Å². The zero-order valence-corrected chi connectivity index (χ0v) is 11.9. The largest absolute Gasteiger partial charge is 0.149 e. The predicted molar refractivity (Wildman–Crippen MR) is 74.3 cm³/mol. The summed E-state index contributed by atoms with van der Waals surface area (Å²) in [6.45, 7) is 13.4. The SMILES string of the molecule is CC1CCC2CCB(C(C)(C)C(C)C)C1C2. The molecule has 3 unspecified atom stereocenters. The molecule has 2 aliphatic rings. The van der Waals surface area contributed by atoms with Gasteiger partial charge in [-0.15, -0.1) is 0 Å². The van der Waals surface area contributed by atoms with Crippen LogP contribution in [-0.2, 0) is 0 Å². The second kappa shape index (κ2) is 4.39. The third kappa shape index (κ3) is 2.07. The van der Waals surface area contributed by atoms with Crippen molar-refractivity contribution >= 4 is 6.71 Å². The molecule has 0 radical (unpaired) electrons. The number of hydrogen-bond donors (Lipinski definition) is 0. The van der Waals surface area contributed by atoms with E-state index in [1.54, 1.807) is 6.42 Å². The molecule has 1 aliphatic carbocycles. The highest BCUT2D eigenvalue weighted by Gasteiger charge is 2.47. The first-order valence-electron chi connectivity index (χ1n) is 7.43. The van der Waals surface area contributed by atoms with Gasteiger partial charge in [0, 0.05) is 0 Å². The maximum atomic E-state index is 2.52. The lowest BCUT2D eigenvalue weighted by Crippen LogP contribution is -2.44. The summed E-state index contributed by atoms with van der Waals surface area (Å²) in [5.74, 6) is 3.92. The first-order chi connectivity index (χ1) is 7.43. The minimum Gasteiger partial charge on any atom is -0.0732 e. The van der Waals surface area contributed by atoms with E-state index in [0.717, 1.165) is 30.3 Å². The molecule has 3 atom stereocenters. The minimum absolute atomic E-state index is 0.543. The molecule has 0 aromatic rings. The quantitative estimate of drug-likeness (QED) is 0.566. The molecule has 92 valence electrons. The van der Waals surface area contributed by atoms with Crippen molar-refractivity contribution in [3.8, 4) is 0 Å². The second-order valence-electron chi connectivity index (χ2n) is 7.48. The van der Waals surface area contributed by atoms with Crippen molar-refractivity contribution in [2.45, 2.75) is 77.8 Å². The van der Waals surface area contributed by atoms with E-state index in [1.807, 2.05) is 0 Å². The van der Waals surface area contributed by atoms with E-state index in [4.69, 9.17) is 0 Å². The van der Waals surface area contributed by atoms with Gasteiger partial charge in [-0.1, -0.05) is 77.8 Å². The molecule has 1 heteroatoms. The van der Waals surface area contributed by atoms with Gasteiger partial charge in [-0.3, -0.25) is 0 Å².